The first-order valence-electron chi connectivity index (χ1n) is 9.88. The predicted molar refractivity (Wildman–Crippen MR) is 116 cm³/mol. The van der Waals surface area contributed by atoms with E-state index < -0.39 is 32.4 Å². The number of halogens is 1. The third-order valence-corrected chi connectivity index (χ3v) is 5.79. The summed E-state index contributed by atoms with van der Waals surface area (Å²) < 4.78 is 23.4. The van der Waals surface area contributed by atoms with Gasteiger partial charge < -0.3 is 29.7 Å². The molecule has 0 aliphatic carbocycles. The molecular weight excluding hydrogens is 461 g/mol. The van der Waals surface area contributed by atoms with Gasteiger partial charge in [-0.25, -0.2) is 4.98 Å². The number of imidazole rings is 1. The van der Waals surface area contributed by atoms with Crippen LogP contribution in [0, 0.1) is 0 Å². The van der Waals surface area contributed by atoms with Crippen molar-refractivity contribution in [3.05, 3.63) is 47.5 Å². The number of nitrogens with zero attached hydrogens (tertiary/aromatic N) is 4. The fourth-order valence-electron chi connectivity index (χ4n) is 3.56. The fourth-order valence-corrected chi connectivity index (χ4v) is 4.06. The van der Waals surface area contributed by atoms with Gasteiger partial charge in [0.05, 0.1) is 25.1 Å². The number of ether oxygens (including phenoxy) is 2. The third kappa shape index (κ3) is 5.26. The normalized spacial score (nSPS) is 22.3. The Labute approximate surface area is 188 Å². The lowest BCUT2D eigenvalue weighted by Crippen LogP contribution is -2.26. The summed E-state index contributed by atoms with van der Waals surface area (Å²) in [5, 5.41) is 13.6. The first-order chi connectivity index (χ1) is 15.2. The van der Waals surface area contributed by atoms with Crippen LogP contribution in [0.4, 0.5) is 5.82 Å². The zero-order valence-corrected chi connectivity index (χ0v) is 18.7. The van der Waals surface area contributed by atoms with Gasteiger partial charge in [0, 0.05) is 6.42 Å². The van der Waals surface area contributed by atoms with Gasteiger partial charge in [0.25, 0.3) is 0 Å². The van der Waals surface area contributed by atoms with Gasteiger partial charge in [0.15, 0.2) is 17.0 Å². The highest BCUT2D eigenvalue weighted by Gasteiger charge is 2.36. The minimum atomic E-state index is -4.30. The molecule has 1 fully saturated rings. The van der Waals surface area contributed by atoms with Crippen molar-refractivity contribution in [3.63, 3.8) is 0 Å². The molecule has 1 unspecified atom stereocenters. The van der Waals surface area contributed by atoms with E-state index in [0.717, 1.165) is 5.56 Å². The molecule has 13 heteroatoms. The first kappa shape index (κ1) is 23.1. The highest BCUT2D eigenvalue weighted by molar-refractivity contribution is 7.51. The van der Waals surface area contributed by atoms with E-state index in [4.69, 9.17) is 30.9 Å². The average Bonchev–Trinajstić information content (AvgIpc) is 3.31. The maximum atomic E-state index is 10.9. The van der Waals surface area contributed by atoms with Gasteiger partial charge in [-0.2, -0.15) is 9.97 Å². The monoisotopic (exact) mass is 483 g/mol. The van der Waals surface area contributed by atoms with E-state index in [1.807, 2.05) is 37.3 Å². The molecular formula is C19H23ClN5O6P. The number of hydrogen-bond donors (Lipinski definition) is 4. The second-order valence-corrected chi connectivity index (χ2v) is 9.46. The highest BCUT2D eigenvalue weighted by atomic mass is 35.5. The molecule has 0 radical (unpaired) electrons. The molecule has 0 amide bonds. The number of anilines is 1. The average molecular weight is 484 g/mol. The van der Waals surface area contributed by atoms with Crippen molar-refractivity contribution in [2.75, 3.05) is 18.3 Å². The summed E-state index contributed by atoms with van der Waals surface area (Å²) in [6.07, 6.45) is -1.23. The molecule has 1 aromatic carbocycles. The van der Waals surface area contributed by atoms with E-state index in [1.54, 1.807) is 4.57 Å². The van der Waals surface area contributed by atoms with E-state index in [-0.39, 0.29) is 24.4 Å². The van der Waals surface area contributed by atoms with Crippen LogP contribution >= 0.6 is 19.2 Å². The number of aliphatic hydroxyl groups is 1. The van der Waals surface area contributed by atoms with Crippen LogP contribution in [0.15, 0.2) is 36.7 Å². The Kier molecular flexibility index (Phi) is 6.78. The molecule has 4 N–H and O–H groups in total. The van der Waals surface area contributed by atoms with E-state index in [0.29, 0.717) is 17.0 Å². The Balaban J connectivity index is 1.53. The van der Waals surface area contributed by atoms with Crippen LogP contribution in [-0.4, -0.2) is 59.6 Å². The van der Waals surface area contributed by atoms with Gasteiger partial charge in [0.2, 0.25) is 5.28 Å². The predicted octanol–water partition coefficient (Wildman–Crippen LogP) is 2.45. The van der Waals surface area contributed by atoms with Crippen LogP contribution in [0.3, 0.4) is 0 Å². The van der Waals surface area contributed by atoms with Crippen molar-refractivity contribution >= 4 is 36.2 Å². The quantitative estimate of drug-likeness (QED) is 0.277. The molecule has 1 aliphatic rings. The molecule has 1 saturated heterocycles. The van der Waals surface area contributed by atoms with Crippen LogP contribution in [0.2, 0.25) is 5.28 Å². The summed E-state index contributed by atoms with van der Waals surface area (Å²) in [6.45, 7) is 1.83. The summed E-state index contributed by atoms with van der Waals surface area (Å²) >= 11 is 6.17. The molecule has 172 valence electrons. The lowest BCUT2D eigenvalue weighted by Gasteiger charge is -2.17. The number of aromatic nitrogens is 4. The van der Waals surface area contributed by atoms with Crippen molar-refractivity contribution in [2.24, 2.45) is 0 Å². The van der Waals surface area contributed by atoms with Crippen molar-refractivity contribution in [1.29, 1.82) is 0 Å². The Bertz CT molecular complexity index is 1130. The Morgan fingerprint density at radius 2 is 2.09 bits per heavy atom. The highest BCUT2D eigenvalue weighted by Crippen LogP contribution is 2.36. The lowest BCUT2D eigenvalue weighted by atomic mass is 10.1. The molecule has 0 bridgehead atoms. The largest absolute Gasteiger partial charge is 0.390 e. The maximum Gasteiger partial charge on any atom is 0.350 e. The van der Waals surface area contributed by atoms with Gasteiger partial charge in [0.1, 0.15) is 18.7 Å². The van der Waals surface area contributed by atoms with Crippen LogP contribution in [0.1, 0.15) is 31.2 Å². The molecule has 2 aromatic heterocycles. The van der Waals surface area contributed by atoms with Crippen LogP contribution in [0.25, 0.3) is 11.2 Å². The number of benzene rings is 1. The molecule has 3 aromatic rings. The second kappa shape index (κ2) is 9.40. The van der Waals surface area contributed by atoms with E-state index >= 15 is 0 Å². The summed E-state index contributed by atoms with van der Waals surface area (Å²) in [4.78, 5) is 30.8. The summed E-state index contributed by atoms with van der Waals surface area (Å²) in [6, 6.07) is 9.78. The van der Waals surface area contributed by atoms with Crippen LogP contribution < -0.4 is 5.32 Å². The number of aliphatic hydroxyl groups excluding tert-OH is 1. The number of rotatable bonds is 8. The summed E-state index contributed by atoms with van der Waals surface area (Å²) in [5.41, 5.74) is 1.99. The zero-order chi connectivity index (χ0) is 22.9. The van der Waals surface area contributed by atoms with E-state index in [9.17, 15) is 9.67 Å². The van der Waals surface area contributed by atoms with E-state index in [2.05, 4.69) is 20.3 Å². The second-order valence-electron chi connectivity index (χ2n) is 7.54. The Morgan fingerprint density at radius 3 is 2.81 bits per heavy atom. The molecule has 0 spiro atoms. The number of hydrogen-bond acceptors (Lipinski definition) is 8. The van der Waals surface area contributed by atoms with Crippen molar-refractivity contribution in [1.82, 2.24) is 19.5 Å². The van der Waals surface area contributed by atoms with Gasteiger partial charge >= 0.3 is 7.60 Å². The Morgan fingerprint density at radius 1 is 1.34 bits per heavy atom. The van der Waals surface area contributed by atoms with Gasteiger partial charge in [-0.15, -0.1) is 0 Å². The van der Waals surface area contributed by atoms with Crippen molar-refractivity contribution < 1.29 is 28.9 Å². The summed E-state index contributed by atoms with van der Waals surface area (Å²) in [7, 11) is -4.30. The third-order valence-electron chi connectivity index (χ3n) is 5.10. The van der Waals surface area contributed by atoms with Gasteiger partial charge in [-0.1, -0.05) is 30.3 Å². The summed E-state index contributed by atoms with van der Waals surface area (Å²) in [5.74, 6) is 0.468. The standard InChI is InChI=1S/C19H23ClN5O6P/c1-11(12-5-3-2-4-6-12)22-17-16-18(24-19(20)23-17)25(9-21-16)15-7-13(26)14(31-15)8-30-10-32(27,28)29/h2-6,9,11,13-15,26H,7-8,10H2,1H3,(H,22,23,24)(H2,27,28,29)/t11-,13-,14+,15?/m0/s1. The number of nitrogens with one attached hydrogen (secondary N) is 1. The van der Waals surface area contributed by atoms with Gasteiger partial charge in [-0.05, 0) is 24.1 Å². The SMILES string of the molecule is C[C@H](Nc1nc(Cl)nc2c1ncn2C1C[C@H](O)[C@@H](COCP(=O)(O)O)O1)c1ccccc1. The Hall–Kier alpha value is -2.11. The fraction of sp³-hybridized carbons (Fsp3) is 0.421. The topological polar surface area (TPSA) is 152 Å². The van der Waals surface area contributed by atoms with Crippen molar-refractivity contribution in [2.45, 2.75) is 37.8 Å². The zero-order valence-electron chi connectivity index (χ0n) is 17.1. The minimum absolute atomic E-state index is 0.0297. The van der Waals surface area contributed by atoms with Crippen molar-refractivity contribution in [3.8, 4) is 0 Å². The molecule has 1 aliphatic heterocycles. The van der Waals surface area contributed by atoms with E-state index in [1.165, 1.54) is 6.33 Å². The lowest BCUT2D eigenvalue weighted by molar-refractivity contribution is -0.0564. The smallest absolute Gasteiger partial charge is 0.350 e. The van der Waals surface area contributed by atoms with Gasteiger partial charge in [-0.3, -0.25) is 9.13 Å². The molecule has 32 heavy (non-hydrogen) atoms. The maximum absolute atomic E-state index is 10.9. The van der Waals surface area contributed by atoms with Crippen LogP contribution in [0.5, 0.6) is 0 Å². The minimum Gasteiger partial charge on any atom is -0.390 e. The molecule has 11 nitrogen and oxygen atoms in total. The molecule has 4 atom stereocenters. The first-order valence-corrected chi connectivity index (χ1v) is 12.1. The molecule has 3 heterocycles. The molecule has 0 saturated carbocycles. The molecule has 4 rings (SSSR count). The van der Waals surface area contributed by atoms with Crippen LogP contribution in [-0.2, 0) is 14.0 Å². The number of fused-ring (bicyclic) bond motifs is 1.